The Labute approximate surface area is 113 Å². The summed E-state index contributed by atoms with van der Waals surface area (Å²) >= 11 is 4.71. The van der Waals surface area contributed by atoms with Crippen LogP contribution in [-0.4, -0.2) is 5.12 Å². The standard InChI is InChI=1S/C14H11BrOS/c15-10-12-8-4-5-9-13(12)17-14(16)11-6-2-1-3-7-11/h1-9H,10H2. The van der Waals surface area contributed by atoms with Crippen LogP contribution in [0, 0.1) is 0 Å². The lowest BCUT2D eigenvalue weighted by Gasteiger charge is -2.05. The molecular formula is C14H11BrOS. The van der Waals surface area contributed by atoms with Gasteiger partial charge in [-0.25, -0.2) is 0 Å². The second-order valence-electron chi connectivity index (χ2n) is 3.50. The Morgan fingerprint density at radius 3 is 2.35 bits per heavy atom. The third-order valence-corrected chi connectivity index (χ3v) is 3.97. The molecular weight excluding hydrogens is 296 g/mol. The number of halogens is 1. The number of thioether (sulfide) groups is 1. The highest BCUT2D eigenvalue weighted by molar-refractivity contribution is 9.08. The first kappa shape index (κ1) is 12.4. The number of alkyl halides is 1. The van der Waals surface area contributed by atoms with Gasteiger partial charge >= 0.3 is 0 Å². The van der Waals surface area contributed by atoms with Crippen LogP contribution in [0.3, 0.4) is 0 Å². The van der Waals surface area contributed by atoms with Gasteiger partial charge in [0.1, 0.15) is 0 Å². The summed E-state index contributed by atoms with van der Waals surface area (Å²) < 4.78 is 0. The topological polar surface area (TPSA) is 17.1 Å². The normalized spacial score (nSPS) is 10.2. The minimum Gasteiger partial charge on any atom is -0.281 e. The minimum absolute atomic E-state index is 0.0824. The van der Waals surface area contributed by atoms with Crippen molar-refractivity contribution >= 4 is 32.8 Å². The van der Waals surface area contributed by atoms with E-state index in [1.54, 1.807) is 0 Å². The van der Waals surface area contributed by atoms with Crippen LogP contribution >= 0.6 is 27.7 Å². The number of benzene rings is 2. The first-order valence-electron chi connectivity index (χ1n) is 5.22. The van der Waals surface area contributed by atoms with Crippen molar-refractivity contribution in [1.29, 1.82) is 0 Å². The van der Waals surface area contributed by atoms with Gasteiger partial charge in [0.25, 0.3) is 0 Å². The summed E-state index contributed by atoms with van der Waals surface area (Å²) in [5.74, 6) is 0. The van der Waals surface area contributed by atoms with E-state index < -0.39 is 0 Å². The van der Waals surface area contributed by atoms with Gasteiger partial charge in [0.15, 0.2) is 0 Å². The number of carbonyl (C=O) groups is 1. The second kappa shape index (κ2) is 6.03. The first-order chi connectivity index (χ1) is 8.31. The van der Waals surface area contributed by atoms with E-state index in [2.05, 4.69) is 15.9 Å². The molecule has 3 heteroatoms. The lowest BCUT2D eigenvalue weighted by molar-refractivity contribution is 0.108. The zero-order chi connectivity index (χ0) is 12.1. The van der Waals surface area contributed by atoms with E-state index in [9.17, 15) is 4.79 Å². The van der Waals surface area contributed by atoms with Crippen LogP contribution in [-0.2, 0) is 5.33 Å². The Morgan fingerprint density at radius 1 is 1.00 bits per heavy atom. The Morgan fingerprint density at radius 2 is 1.65 bits per heavy atom. The van der Waals surface area contributed by atoms with Gasteiger partial charge in [-0.05, 0) is 23.4 Å². The molecule has 0 spiro atoms. The zero-order valence-electron chi connectivity index (χ0n) is 9.10. The number of hydrogen-bond acceptors (Lipinski definition) is 2. The highest BCUT2D eigenvalue weighted by Crippen LogP contribution is 2.27. The fourth-order valence-corrected chi connectivity index (χ4v) is 2.99. The lowest BCUT2D eigenvalue weighted by atomic mass is 10.2. The Balaban J connectivity index is 2.19. The summed E-state index contributed by atoms with van der Waals surface area (Å²) in [5, 5.41) is 0.845. The van der Waals surface area contributed by atoms with Crippen molar-refractivity contribution in [3.63, 3.8) is 0 Å². The molecule has 2 aromatic carbocycles. The maximum absolute atomic E-state index is 12.0. The molecule has 0 fully saturated rings. The maximum Gasteiger partial charge on any atom is 0.224 e. The zero-order valence-corrected chi connectivity index (χ0v) is 11.5. The van der Waals surface area contributed by atoms with Crippen LogP contribution < -0.4 is 0 Å². The molecule has 86 valence electrons. The molecule has 0 saturated heterocycles. The number of carbonyl (C=O) groups excluding carboxylic acids is 1. The van der Waals surface area contributed by atoms with Crippen LogP contribution in [0.1, 0.15) is 15.9 Å². The SMILES string of the molecule is O=C(Sc1ccccc1CBr)c1ccccc1. The summed E-state index contributed by atoms with van der Waals surface area (Å²) in [6, 6.07) is 17.3. The number of rotatable bonds is 3. The van der Waals surface area contributed by atoms with Crippen molar-refractivity contribution in [2.75, 3.05) is 0 Å². The van der Waals surface area contributed by atoms with Gasteiger partial charge in [-0.2, -0.15) is 0 Å². The molecule has 17 heavy (non-hydrogen) atoms. The van der Waals surface area contributed by atoms with Gasteiger partial charge in [0.05, 0.1) is 0 Å². The quantitative estimate of drug-likeness (QED) is 0.613. The number of hydrogen-bond donors (Lipinski definition) is 0. The van der Waals surface area contributed by atoms with E-state index in [4.69, 9.17) is 0 Å². The van der Waals surface area contributed by atoms with Crippen molar-refractivity contribution in [2.24, 2.45) is 0 Å². The molecule has 0 amide bonds. The Hall–Kier alpha value is -1.06. The first-order valence-corrected chi connectivity index (χ1v) is 7.16. The molecule has 0 saturated carbocycles. The fourth-order valence-electron chi connectivity index (χ4n) is 1.45. The molecule has 0 aliphatic heterocycles. The molecule has 0 aliphatic rings. The summed E-state index contributed by atoms with van der Waals surface area (Å²) in [5.41, 5.74) is 1.88. The maximum atomic E-state index is 12.0. The van der Waals surface area contributed by atoms with Crippen LogP contribution in [0.15, 0.2) is 59.5 Å². The van der Waals surface area contributed by atoms with E-state index in [1.807, 2.05) is 54.6 Å². The Kier molecular flexibility index (Phi) is 4.40. The van der Waals surface area contributed by atoms with E-state index >= 15 is 0 Å². The fraction of sp³-hybridized carbons (Fsp3) is 0.0714. The van der Waals surface area contributed by atoms with Crippen LogP contribution in [0.25, 0.3) is 0 Å². The van der Waals surface area contributed by atoms with Crippen molar-refractivity contribution < 1.29 is 4.79 Å². The van der Waals surface area contributed by atoms with Crippen LogP contribution in [0.2, 0.25) is 0 Å². The Bertz CT molecular complexity index is 511. The van der Waals surface area contributed by atoms with Gasteiger partial charge in [-0.1, -0.05) is 64.5 Å². The highest BCUT2D eigenvalue weighted by atomic mass is 79.9. The molecule has 0 unspecified atom stereocenters. The largest absolute Gasteiger partial charge is 0.281 e. The average Bonchev–Trinajstić information content (AvgIpc) is 2.40. The summed E-state index contributed by atoms with van der Waals surface area (Å²) in [4.78, 5) is 13.0. The molecule has 0 atom stereocenters. The monoisotopic (exact) mass is 306 g/mol. The summed E-state index contributed by atoms with van der Waals surface area (Å²) in [6.45, 7) is 0. The van der Waals surface area contributed by atoms with Crippen LogP contribution in [0.5, 0.6) is 0 Å². The van der Waals surface area contributed by atoms with Gasteiger partial charge in [-0.15, -0.1) is 0 Å². The van der Waals surface area contributed by atoms with E-state index in [-0.39, 0.29) is 5.12 Å². The van der Waals surface area contributed by atoms with Gasteiger partial charge in [0.2, 0.25) is 5.12 Å². The molecule has 2 aromatic rings. The highest BCUT2D eigenvalue weighted by Gasteiger charge is 2.09. The molecule has 0 aliphatic carbocycles. The van der Waals surface area contributed by atoms with E-state index in [0.717, 1.165) is 21.4 Å². The molecule has 0 heterocycles. The predicted octanol–water partition coefficient (Wildman–Crippen LogP) is 4.51. The van der Waals surface area contributed by atoms with E-state index in [0.29, 0.717) is 0 Å². The summed E-state index contributed by atoms with van der Waals surface area (Å²) in [7, 11) is 0. The third kappa shape index (κ3) is 3.20. The van der Waals surface area contributed by atoms with Crippen molar-refractivity contribution in [3.8, 4) is 0 Å². The minimum atomic E-state index is 0.0824. The molecule has 2 rings (SSSR count). The molecule has 0 aromatic heterocycles. The van der Waals surface area contributed by atoms with E-state index in [1.165, 1.54) is 11.8 Å². The smallest absolute Gasteiger partial charge is 0.224 e. The molecule has 1 nitrogen and oxygen atoms in total. The van der Waals surface area contributed by atoms with Crippen molar-refractivity contribution in [3.05, 3.63) is 65.7 Å². The molecule has 0 N–H and O–H groups in total. The van der Waals surface area contributed by atoms with Crippen molar-refractivity contribution in [2.45, 2.75) is 10.2 Å². The predicted molar refractivity (Wildman–Crippen MR) is 75.7 cm³/mol. The van der Waals surface area contributed by atoms with Gasteiger partial charge in [-0.3, -0.25) is 4.79 Å². The molecule has 0 bridgehead atoms. The van der Waals surface area contributed by atoms with Gasteiger partial charge in [0, 0.05) is 15.8 Å². The molecule has 0 radical (unpaired) electrons. The average molecular weight is 307 g/mol. The lowest BCUT2D eigenvalue weighted by Crippen LogP contribution is -1.94. The van der Waals surface area contributed by atoms with Crippen LogP contribution in [0.4, 0.5) is 0 Å². The van der Waals surface area contributed by atoms with Gasteiger partial charge < -0.3 is 0 Å². The second-order valence-corrected chi connectivity index (χ2v) is 5.07. The summed E-state index contributed by atoms with van der Waals surface area (Å²) in [6.07, 6.45) is 0. The van der Waals surface area contributed by atoms with Crippen molar-refractivity contribution in [1.82, 2.24) is 0 Å². The third-order valence-electron chi connectivity index (χ3n) is 2.33.